The lowest BCUT2D eigenvalue weighted by Gasteiger charge is -1.95. The minimum atomic E-state index is -0.421. The summed E-state index contributed by atoms with van der Waals surface area (Å²) in [7, 11) is 0. The van der Waals surface area contributed by atoms with E-state index >= 15 is 0 Å². The zero-order valence-electron chi connectivity index (χ0n) is 8.08. The number of hydrogen-bond acceptors (Lipinski definition) is 3. The number of aliphatic hydroxyl groups excluding tert-OH is 1. The molecule has 0 aromatic heterocycles. The Kier molecular flexibility index (Phi) is 4.47. The highest BCUT2D eigenvalue weighted by Crippen LogP contribution is 2.01. The van der Waals surface area contributed by atoms with Gasteiger partial charge in [-0.1, -0.05) is 36.4 Å². The van der Waals surface area contributed by atoms with E-state index in [1.54, 1.807) is 6.08 Å². The first-order chi connectivity index (χ1) is 7.33. The third-order valence-corrected chi connectivity index (χ3v) is 1.61. The third kappa shape index (κ3) is 4.48. The first-order valence-corrected chi connectivity index (χ1v) is 4.40. The molecule has 1 rings (SSSR count). The zero-order valence-corrected chi connectivity index (χ0v) is 8.08. The van der Waals surface area contributed by atoms with E-state index in [2.05, 4.69) is 4.98 Å². The topological polar surface area (TPSA) is 57.6 Å². The van der Waals surface area contributed by atoms with Crippen molar-refractivity contribution in [3.63, 3.8) is 0 Å². The molecule has 0 bridgehead atoms. The van der Waals surface area contributed by atoms with Crippen molar-refractivity contribution in [2.75, 3.05) is 6.61 Å². The molecule has 0 saturated heterocycles. The van der Waals surface area contributed by atoms with Crippen LogP contribution in [0.15, 0.2) is 48.6 Å². The van der Waals surface area contributed by atoms with Gasteiger partial charge in [-0.15, -0.1) is 0 Å². The van der Waals surface area contributed by atoms with Gasteiger partial charge >= 0.3 is 12.1 Å². The van der Waals surface area contributed by atoms with Crippen molar-refractivity contribution in [1.29, 1.82) is 5.39 Å². The molecule has 1 N–H and O–H groups in total. The van der Waals surface area contributed by atoms with Crippen LogP contribution < -0.4 is 0 Å². The molecule has 1 aromatic carbocycles. The molecule has 76 valence electrons. The van der Waals surface area contributed by atoms with Crippen molar-refractivity contribution in [3.8, 4) is 0 Å². The van der Waals surface area contributed by atoms with Crippen LogP contribution in [-0.2, 0) is 4.74 Å². The van der Waals surface area contributed by atoms with Gasteiger partial charge in [0.05, 0.1) is 0 Å². The summed E-state index contributed by atoms with van der Waals surface area (Å²) in [6.07, 6.45) is 4.43. The van der Waals surface area contributed by atoms with Crippen LogP contribution in [0.25, 0.3) is 11.1 Å². The van der Waals surface area contributed by atoms with Crippen LogP contribution >= 0.6 is 0 Å². The fraction of sp³-hybridized carbons (Fsp3) is 0.0909. The molecule has 0 aliphatic carbocycles. The van der Waals surface area contributed by atoms with E-state index in [0.29, 0.717) is 0 Å². The van der Waals surface area contributed by atoms with Crippen LogP contribution in [-0.4, -0.2) is 11.7 Å². The summed E-state index contributed by atoms with van der Waals surface area (Å²) in [6.45, 7) is 0.215. The number of aliphatic hydroxyl groups is 1. The molecule has 1 aromatic rings. The molecule has 4 heteroatoms. The van der Waals surface area contributed by atoms with Crippen LogP contribution in [0.2, 0.25) is 0 Å². The van der Waals surface area contributed by atoms with Gasteiger partial charge in [0.25, 0.3) is 0 Å². The number of diazo groups is 1. The van der Waals surface area contributed by atoms with E-state index in [0.717, 1.165) is 11.8 Å². The molecular formula is C11H11N2O2+. The predicted octanol–water partition coefficient (Wildman–Crippen LogP) is 2.93. The van der Waals surface area contributed by atoms with E-state index < -0.39 is 5.95 Å². The van der Waals surface area contributed by atoms with Crippen molar-refractivity contribution in [2.24, 2.45) is 0 Å². The van der Waals surface area contributed by atoms with Crippen LogP contribution in [0.5, 0.6) is 0 Å². The van der Waals surface area contributed by atoms with Crippen LogP contribution in [0.4, 0.5) is 0 Å². The van der Waals surface area contributed by atoms with Gasteiger partial charge in [0, 0.05) is 0 Å². The fourth-order valence-electron chi connectivity index (χ4n) is 0.968. The normalized spacial score (nSPS) is 11.3. The van der Waals surface area contributed by atoms with E-state index in [4.69, 9.17) is 15.2 Å². The standard InChI is InChI=1S/C11H10N2O2/c12-13-9-11(14)15-8-4-7-10-5-2-1-3-6-10/h1-7,9H,8H2/p+1/b7-4+,11-9+. The molecule has 0 aliphatic heterocycles. The van der Waals surface area contributed by atoms with E-state index in [1.807, 2.05) is 36.4 Å². The van der Waals surface area contributed by atoms with Crippen LogP contribution in [0.1, 0.15) is 5.56 Å². The van der Waals surface area contributed by atoms with Crippen molar-refractivity contribution in [1.82, 2.24) is 0 Å². The molecular weight excluding hydrogens is 192 g/mol. The monoisotopic (exact) mass is 203 g/mol. The summed E-state index contributed by atoms with van der Waals surface area (Å²) >= 11 is 0. The predicted molar refractivity (Wildman–Crippen MR) is 57.2 cm³/mol. The van der Waals surface area contributed by atoms with Gasteiger partial charge in [0.1, 0.15) is 6.61 Å². The largest absolute Gasteiger partial charge is 0.476 e. The fourth-order valence-corrected chi connectivity index (χ4v) is 0.968. The maximum atomic E-state index is 8.90. The Labute approximate surface area is 87.7 Å². The first kappa shape index (κ1) is 10.8. The van der Waals surface area contributed by atoms with Crippen LogP contribution in [0.3, 0.4) is 0 Å². The average Bonchev–Trinajstić information content (AvgIpc) is 2.26. The van der Waals surface area contributed by atoms with Gasteiger partial charge < -0.3 is 9.84 Å². The Morgan fingerprint density at radius 2 is 2.13 bits per heavy atom. The molecule has 15 heavy (non-hydrogen) atoms. The minimum absolute atomic E-state index is 0.215. The number of benzene rings is 1. The van der Waals surface area contributed by atoms with Crippen molar-refractivity contribution in [3.05, 3.63) is 59.1 Å². The molecule has 0 heterocycles. The number of hydrogen-bond donors (Lipinski definition) is 1. The summed E-state index contributed by atoms with van der Waals surface area (Å²) in [4.78, 5) is 2.61. The van der Waals surface area contributed by atoms with Crippen molar-refractivity contribution < 1.29 is 9.84 Å². The molecule has 0 fully saturated rings. The third-order valence-electron chi connectivity index (χ3n) is 1.61. The maximum absolute atomic E-state index is 8.90. The Morgan fingerprint density at radius 1 is 1.40 bits per heavy atom. The van der Waals surface area contributed by atoms with Gasteiger partial charge in [0.2, 0.25) is 5.39 Å². The van der Waals surface area contributed by atoms with Gasteiger partial charge in [-0.2, -0.15) is 0 Å². The number of ether oxygens (including phenoxy) is 1. The molecule has 0 atom stereocenters. The second kappa shape index (κ2) is 6.22. The maximum Gasteiger partial charge on any atom is 0.429 e. The highest BCUT2D eigenvalue weighted by atomic mass is 16.6. The first-order valence-electron chi connectivity index (χ1n) is 4.40. The van der Waals surface area contributed by atoms with Crippen LogP contribution in [0, 0.1) is 5.39 Å². The van der Waals surface area contributed by atoms with Gasteiger partial charge in [-0.3, -0.25) is 0 Å². The lowest BCUT2D eigenvalue weighted by Crippen LogP contribution is -1.89. The highest BCUT2D eigenvalue weighted by Gasteiger charge is 1.97. The lowest BCUT2D eigenvalue weighted by molar-refractivity contribution is 0.113. The summed E-state index contributed by atoms with van der Waals surface area (Å²) in [5.74, 6) is -0.421. The quantitative estimate of drug-likeness (QED) is 0.604. The molecule has 0 amide bonds. The summed E-state index contributed by atoms with van der Waals surface area (Å²) in [6, 6.07) is 9.71. The molecule has 0 saturated carbocycles. The van der Waals surface area contributed by atoms with E-state index in [-0.39, 0.29) is 6.61 Å². The second-order valence-electron chi connectivity index (χ2n) is 2.71. The Hall–Kier alpha value is -2.28. The zero-order chi connectivity index (χ0) is 10.9. The number of nitrogens with zero attached hydrogens (tertiary/aromatic N) is 2. The highest BCUT2D eigenvalue weighted by molar-refractivity contribution is 5.48. The van der Waals surface area contributed by atoms with Gasteiger partial charge in [0.15, 0.2) is 4.98 Å². The van der Waals surface area contributed by atoms with Gasteiger partial charge in [-0.05, 0) is 11.6 Å². The SMILES string of the molecule is N#[N+]/C=C(\O)OC/C=C/c1ccccc1. The summed E-state index contributed by atoms with van der Waals surface area (Å²) in [5, 5.41) is 17.0. The average molecular weight is 203 g/mol. The molecule has 0 aliphatic rings. The summed E-state index contributed by atoms with van der Waals surface area (Å²) < 4.78 is 4.78. The molecule has 0 unspecified atom stereocenters. The molecule has 0 radical (unpaired) electrons. The minimum Gasteiger partial charge on any atom is -0.476 e. The van der Waals surface area contributed by atoms with Crippen molar-refractivity contribution >= 4 is 6.08 Å². The lowest BCUT2D eigenvalue weighted by atomic mass is 10.2. The molecule has 0 spiro atoms. The number of rotatable bonds is 4. The Bertz CT molecular complexity index is 391. The van der Waals surface area contributed by atoms with Crippen molar-refractivity contribution in [2.45, 2.75) is 0 Å². The van der Waals surface area contributed by atoms with E-state index in [9.17, 15) is 0 Å². The second-order valence-corrected chi connectivity index (χ2v) is 2.71. The molecule has 4 nitrogen and oxygen atoms in total. The summed E-state index contributed by atoms with van der Waals surface area (Å²) in [5.41, 5.74) is 1.05. The smallest absolute Gasteiger partial charge is 0.429 e. The Balaban J connectivity index is 2.36. The Morgan fingerprint density at radius 3 is 2.80 bits per heavy atom. The van der Waals surface area contributed by atoms with E-state index in [1.165, 1.54) is 0 Å². The van der Waals surface area contributed by atoms with Gasteiger partial charge in [-0.25, -0.2) is 0 Å².